The van der Waals surface area contributed by atoms with Gasteiger partial charge in [-0.25, -0.2) is 0 Å². The van der Waals surface area contributed by atoms with Gasteiger partial charge < -0.3 is 11.5 Å². The van der Waals surface area contributed by atoms with Crippen molar-refractivity contribution in [2.24, 2.45) is 0 Å². The van der Waals surface area contributed by atoms with Crippen molar-refractivity contribution < 1.29 is 0 Å². The second kappa shape index (κ2) is 14.0. The van der Waals surface area contributed by atoms with Crippen LogP contribution in [0, 0.1) is 12.3 Å². The molecule has 2 heteroatoms. The number of nitrogens with two attached hydrogens (primary N) is 2. The molecule has 0 aliphatic heterocycles. The lowest BCUT2D eigenvalue weighted by molar-refractivity contribution is 0.631. The van der Waals surface area contributed by atoms with Crippen LogP contribution in [0.4, 0.5) is 11.4 Å². The zero-order valence-corrected chi connectivity index (χ0v) is 26.2. The van der Waals surface area contributed by atoms with E-state index in [0.717, 1.165) is 36.2 Å². The Morgan fingerprint density at radius 2 is 1.14 bits per heavy atom. The quantitative estimate of drug-likeness (QED) is 0.0795. The molecule has 0 amide bonds. The molecule has 1 aliphatic carbocycles. The topological polar surface area (TPSA) is 52.0 Å². The van der Waals surface area contributed by atoms with Crippen LogP contribution in [-0.4, -0.2) is 0 Å². The summed E-state index contributed by atoms with van der Waals surface area (Å²) < 4.78 is 0. The van der Waals surface area contributed by atoms with E-state index in [1.807, 2.05) is 24.3 Å². The normalized spacial score (nSPS) is 13.0. The van der Waals surface area contributed by atoms with Gasteiger partial charge in [-0.3, -0.25) is 0 Å². The first-order chi connectivity index (χ1) is 21.0. The van der Waals surface area contributed by atoms with Crippen LogP contribution in [0.5, 0.6) is 0 Å². The van der Waals surface area contributed by atoms with Gasteiger partial charge in [0.05, 0.1) is 5.41 Å². The van der Waals surface area contributed by atoms with Crippen LogP contribution in [-0.2, 0) is 18.3 Å². The number of terminal acetylenes is 1. The zero-order valence-electron chi connectivity index (χ0n) is 26.2. The van der Waals surface area contributed by atoms with Gasteiger partial charge in [0.1, 0.15) is 0 Å². The Balaban J connectivity index is 1.72. The lowest BCUT2D eigenvalue weighted by atomic mass is 9.66. The third-order valence-electron chi connectivity index (χ3n) is 9.40. The third kappa shape index (κ3) is 6.09. The van der Waals surface area contributed by atoms with Gasteiger partial charge in [0.15, 0.2) is 0 Å². The lowest BCUT2D eigenvalue weighted by Crippen LogP contribution is -2.30. The Labute approximate surface area is 259 Å². The maximum absolute atomic E-state index is 6.48. The number of unbranched alkanes of at least 4 members (excludes halogenated alkanes) is 8. The van der Waals surface area contributed by atoms with Gasteiger partial charge in [0.2, 0.25) is 0 Å². The number of benzene rings is 4. The fourth-order valence-corrected chi connectivity index (χ4v) is 7.14. The highest BCUT2D eigenvalue weighted by Gasteiger charge is 2.48. The molecule has 0 unspecified atom stereocenters. The molecule has 0 saturated carbocycles. The van der Waals surface area contributed by atoms with Crippen molar-refractivity contribution in [1.82, 2.24) is 0 Å². The van der Waals surface area contributed by atoms with E-state index in [9.17, 15) is 0 Å². The summed E-state index contributed by atoms with van der Waals surface area (Å²) in [6, 6.07) is 28.6. The van der Waals surface area contributed by atoms with Crippen molar-refractivity contribution in [3.8, 4) is 23.5 Å². The SMILES string of the molecule is C#Cc1c(CCCCCCC)ccc2c1C(c1ccc(N)cc1)(c1ccc(N)cc1)c1cc(CCCCCCC)ccc1-2. The van der Waals surface area contributed by atoms with Gasteiger partial charge in [0.25, 0.3) is 0 Å². The molecule has 0 saturated heterocycles. The molecule has 1 aliphatic rings. The van der Waals surface area contributed by atoms with Crippen LogP contribution in [0.3, 0.4) is 0 Å². The van der Waals surface area contributed by atoms with Gasteiger partial charge in [-0.1, -0.05) is 126 Å². The number of fused-ring (bicyclic) bond motifs is 3. The highest BCUT2D eigenvalue weighted by molar-refractivity contribution is 5.89. The van der Waals surface area contributed by atoms with Gasteiger partial charge in [0, 0.05) is 16.9 Å². The van der Waals surface area contributed by atoms with E-state index in [1.54, 1.807) is 0 Å². The van der Waals surface area contributed by atoms with E-state index >= 15 is 0 Å². The Kier molecular flexibility index (Phi) is 9.93. The summed E-state index contributed by atoms with van der Waals surface area (Å²) in [5, 5.41) is 0. The summed E-state index contributed by atoms with van der Waals surface area (Å²) in [7, 11) is 0. The first kappa shape index (κ1) is 30.5. The van der Waals surface area contributed by atoms with E-state index in [2.05, 4.69) is 74.4 Å². The first-order valence-electron chi connectivity index (χ1n) is 16.5. The van der Waals surface area contributed by atoms with Gasteiger partial charge >= 0.3 is 0 Å². The predicted octanol–water partition coefficient (Wildman–Crippen LogP) is 10.2. The number of hydrogen-bond donors (Lipinski definition) is 2. The molecule has 4 aromatic rings. The van der Waals surface area contributed by atoms with Crippen LogP contribution in [0.2, 0.25) is 0 Å². The van der Waals surface area contributed by atoms with Gasteiger partial charge in [-0.05, 0) is 94.5 Å². The molecule has 0 heterocycles. The van der Waals surface area contributed by atoms with Gasteiger partial charge in [-0.15, -0.1) is 6.42 Å². The highest BCUT2D eigenvalue weighted by atomic mass is 14.6. The molecule has 2 nitrogen and oxygen atoms in total. The molecule has 222 valence electrons. The lowest BCUT2D eigenvalue weighted by Gasteiger charge is -2.35. The molecule has 43 heavy (non-hydrogen) atoms. The highest BCUT2D eigenvalue weighted by Crippen LogP contribution is 2.58. The molecular weight excluding hydrogens is 520 g/mol. The minimum absolute atomic E-state index is 0.565. The van der Waals surface area contributed by atoms with Crippen LogP contribution in [0.15, 0.2) is 78.9 Å². The average Bonchev–Trinajstić information content (AvgIpc) is 3.32. The van der Waals surface area contributed by atoms with Crippen molar-refractivity contribution in [1.29, 1.82) is 0 Å². The second-order valence-electron chi connectivity index (χ2n) is 12.4. The van der Waals surface area contributed by atoms with Crippen LogP contribution < -0.4 is 11.5 Å². The van der Waals surface area contributed by atoms with E-state index < -0.39 is 5.41 Å². The monoisotopic (exact) mass is 568 g/mol. The summed E-state index contributed by atoms with van der Waals surface area (Å²) in [4.78, 5) is 0. The third-order valence-corrected chi connectivity index (χ3v) is 9.40. The van der Waals surface area contributed by atoms with Crippen LogP contribution in [0.1, 0.15) is 117 Å². The average molecular weight is 569 g/mol. The summed E-state index contributed by atoms with van der Waals surface area (Å²) in [6.45, 7) is 4.54. The first-order valence-corrected chi connectivity index (χ1v) is 16.5. The molecule has 0 spiro atoms. The number of aryl methyl sites for hydroxylation is 2. The number of anilines is 2. The standard InChI is InChI=1S/C41H48N2/c1-4-7-9-11-13-15-30-17-27-37-38-28-18-31(16-14-12-10-8-5-2)36(6-3)40(38)41(39(37)29-30,32-19-23-34(42)24-20-32)33-21-25-35(43)26-22-33/h3,17-29H,4-5,7-16,42-43H2,1-2H3. The predicted molar refractivity (Wildman–Crippen MR) is 185 cm³/mol. The van der Waals surface area contributed by atoms with E-state index in [-0.39, 0.29) is 0 Å². The minimum Gasteiger partial charge on any atom is -0.399 e. The van der Waals surface area contributed by atoms with E-state index in [0.29, 0.717) is 0 Å². The maximum Gasteiger partial charge on any atom is 0.0726 e. The molecule has 0 bridgehead atoms. The van der Waals surface area contributed by atoms with E-state index in [4.69, 9.17) is 17.9 Å². The summed E-state index contributed by atoms with van der Waals surface area (Å²) >= 11 is 0. The molecular formula is C41H48N2. The fraction of sp³-hybridized carbons (Fsp3) is 0.366. The largest absolute Gasteiger partial charge is 0.399 e. The fourth-order valence-electron chi connectivity index (χ4n) is 7.14. The molecule has 0 radical (unpaired) electrons. The summed E-state index contributed by atoms with van der Waals surface area (Å²) in [5.74, 6) is 3.22. The number of nitrogen functional groups attached to an aromatic ring is 2. The second-order valence-corrected chi connectivity index (χ2v) is 12.4. The minimum atomic E-state index is -0.565. The maximum atomic E-state index is 6.48. The molecule has 5 rings (SSSR count). The Morgan fingerprint density at radius 1 is 0.605 bits per heavy atom. The Morgan fingerprint density at radius 3 is 1.70 bits per heavy atom. The Hall–Kier alpha value is -3.96. The van der Waals surface area contributed by atoms with Crippen LogP contribution in [0.25, 0.3) is 11.1 Å². The van der Waals surface area contributed by atoms with Crippen molar-refractivity contribution in [3.63, 3.8) is 0 Å². The molecule has 0 aromatic heterocycles. The van der Waals surface area contributed by atoms with E-state index in [1.165, 1.54) is 102 Å². The smallest absolute Gasteiger partial charge is 0.0726 e. The van der Waals surface area contributed by atoms with Crippen molar-refractivity contribution in [2.75, 3.05) is 11.5 Å². The van der Waals surface area contributed by atoms with Crippen molar-refractivity contribution >= 4 is 11.4 Å². The van der Waals surface area contributed by atoms with Crippen LogP contribution >= 0.6 is 0 Å². The van der Waals surface area contributed by atoms with Gasteiger partial charge in [-0.2, -0.15) is 0 Å². The molecule has 0 fully saturated rings. The summed E-state index contributed by atoms with van der Waals surface area (Å²) in [6.07, 6.45) is 21.1. The molecule has 4 N–H and O–H groups in total. The zero-order chi connectivity index (χ0) is 30.2. The summed E-state index contributed by atoms with van der Waals surface area (Å²) in [5.41, 5.74) is 24.6. The molecule has 4 aromatic carbocycles. The Bertz CT molecular complexity index is 1510. The molecule has 0 atom stereocenters. The van der Waals surface area contributed by atoms with Crippen molar-refractivity contribution in [3.05, 3.63) is 118 Å². The number of rotatable bonds is 14. The van der Waals surface area contributed by atoms with Crippen molar-refractivity contribution in [2.45, 2.75) is 96.3 Å². The number of hydrogen-bond acceptors (Lipinski definition) is 2.